The molecule has 0 aliphatic heterocycles. The molecule has 1 heterocycles. The zero-order valence-electron chi connectivity index (χ0n) is 13.8. The molecule has 9 heteroatoms. The van der Waals surface area contributed by atoms with Gasteiger partial charge in [-0.3, -0.25) is 9.48 Å². The molecule has 0 aliphatic rings. The first kappa shape index (κ1) is 18.9. The molecule has 4 nitrogen and oxygen atoms in total. The molecule has 2 rings (SSSR count). The third-order valence-corrected chi connectivity index (χ3v) is 3.73. The number of benzene rings is 1. The van der Waals surface area contributed by atoms with E-state index in [1.807, 2.05) is 6.92 Å². The van der Waals surface area contributed by atoms with Crippen molar-refractivity contribution in [2.45, 2.75) is 40.2 Å². The molecule has 1 aromatic heterocycles. The summed E-state index contributed by atoms with van der Waals surface area (Å²) in [5, 5.41) is 6.64. The highest BCUT2D eigenvalue weighted by molar-refractivity contribution is 5.91. The Bertz CT molecular complexity index is 803. The number of amides is 1. The highest BCUT2D eigenvalue weighted by Crippen LogP contribution is 2.26. The largest absolute Gasteiger partial charge is 0.323 e. The molecule has 0 fully saturated rings. The number of hydrogen-bond donors (Lipinski definition) is 1. The fourth-order valence-corrected chi connectivity index (χ4v) is 2.40. The van der Waals surface area contributed by atoms with Crippen LogP contribution in [0.15, 0.2) is 0 Å². The first-order valence-electron chi connectivity index (χ1n) is 7.53. The van der Waals surface area contributed by atoms with Crippen LogP contribution in [0.2, 0.25) is 0 Å². The van der Waals surface area contributed by atoms with E-state index >= 15 is 0 Å². The lowest BCUT2D eigenvalue weighted by molar-refractivity contribution is -0.116. The van der Waals surface area contributed by atoms with Crippen molar-refractivity contribution < 1.29 is 26.7 Å². The number of rotatable bonds is 5. The number of hydrogen-bond acceptors (Lipinski definition) is 2. The molecule has 0 radical (unpaired) electrons. The lowest BCUT2D eigenvalue weighted by atomic mass is 10.1. The summed E-state index contributed by atoms with van der Waals surface area (Å²) in [5.74, 6) is -10.3. The van der Waals surface area contributed by atoms with E-state index in [2.05, 4.69) is 10.4 Å². The number of aromatic nitrogens is 2. The minimum Gasteiger partial charge on any atom is -0.323 e. The molecule has 1 amide bonds. The van der Waals surface area contributed by atoms with Gasteiger partial charge in [0.1, 0.15) is 0 Å². The van der Waals surface area contributed by atoms with Gasteiger partial charge in [0.25, 0.3) is 0 Å². The lowest BCUT2D eigenvalue weighted by Gasteiger charge is -2.10. The molecule has 0 spiro atoms. The van der Waals surface area contributed by atoms with Crippen LogP contribution < -0.4 is 5.32 Å². The Balaban J connectivity index is 2.42. The predicted octanol–water partition coefficient (Wildman–Crippen LogP) is 3.98. The van der Waals surface area contributed by atoms with Crippen LogP contribution >= 0.6 is 0 Å². The van der Waals surface area contributed by atoms with Crippen LogP contribution in [-0.4, -0.2) is 15.7 Å². The van der Waals surface area contributed by atoms with Crippen LogP contribution in [0.25, 0.3) is 0 Å². The molecule has 25 heavy (non-hydrogen) atoms. The minimum atomic E-state index is -2.21. The number of carbonyl (C=O) groups excluding carboxylic acids is 1. The van der Waals surface area contributed by atoms with Gasteiger partial charge in [0.2, 0.25) is 11.7 Å². The third-order valence-electron chi connectivity index (χ3n) is 3.73. The lowest BCUT2D eigenvalue weighted by Crippen LogP contribution is -2.14. The summed E-state index contributed by atoms with van der Waals surface area (Å²) >= 11 is 0. The van der Waals surface area contributed by atoms with E-state index in [0.29, 0.717) is 23.5 Å². The van der Waals surface area contributed by atoms with Crippen molar-refractivity contribution in [1.82, 2.24) is 9.78 Å². The Morgan fingerprint density at radius 1 is 1.00 bits per heavy atom. The average Bonchev–Trinajstić information content (AvgIpc) is 2.83. The zero-order valence-corrected chi connectivity index (χ0v) is 13.8. The van der Waals surface area contributed by atoms with Crippen LogP contribution in [0.4, 0.5) is 27.6 Å². The van der Waals surface area contributed by atoms with E-state index in [0.717, 1.165) is 4.68 Å². The van der Waals surface area contributed by atoms with E-state index in [1.54, 1.807) is 6.92 Å². The predicted molar refractivity (Wildman–Crippen MR) is 80.6 cm³/mol. The molecule has 0 atom stereocenters. The Labute approximate surface area is 140 Å². The van der Waals surface area contributed by atoms with Crippen LogP contribution in [0.5, 0.6) is 0 Å². The van der Waals surface area contributed by atoms with E-state index < -0.39 is 41.2 Å². The smallest absolute Gasteiger partial charge is 0.224 e. The van der Waals surface area contributed by atoms with Crippen molar-refractivity contribution >= 4 is 11.6 Å². The molecule has 1 aromatic carbocycles. The number of nitrogens with one attached hydrogen (secondary N) is 1. The summed E-state index contributed by atoms with van der Waals surface area (Å²) < 4.78 is 68.4. The Morgan fingerprint density at radius 3 is 2.04 bits per heavy atom. The number of anilines is 1. The number of nitrogens with zero attached hydrogens (tertiary/aromatic N) is 2. The first-order valence-corrected chi connectivity index (χ1v) is 7.53. The Hall–Kier alpha value is -2.45. The standard InChI is InChI=1S/C16H16F5N3O/c1-4-5-10(25)22-16-7(2)23-24(8(16)3)6-9-11(17)13(19)15(21)14(20)12(9)18/h4-6H2,1-3H3,(H,22,25). The minimum absolute atomic E-state index is 0.260. The SMILES string of the molecule is CCCC(=O)Nc1c(C)nn(Cc2c(F)c(F)c(F)c(F)c2F)c1C. The van der Waals surface area contributed by atoms with Crippen molar-refractivity contribution in [1.29, 1.82) is 0 Å². The monoisotopic (exact) mass is 361 g/mol. The molecule has 1 N–H and O–H groups in total. The zero-order chi connectivity index (χ0) is 18.9. The molecule has 0 bridgehead atoms. The van der Waals surface area contributed by atoms with Crippen molar-refractivity contribution in [3.8, 4) is 0 Å². The van der Waals surface area contributed by atoms with E-state index in [-0.39, 0.29) is 12.3 Å². The molecule has 2 aromatic rings. The van der Waals surface area contributed by atoms with Crippen molar-refractivity contribution in [3.63, 3.8) is 0 Å². The second-order valence-corrected chi connectivity index (χ2v) is 5.55. The second-order valence-electron chi connectivity index (χ2n) is 5.55. The first-order chi connectivity index (χ1) is 11.7. The summed E-state index contributed by atoms with van der Waals surface area (Å²) in [6.45, 7) is 4.24. The van der Waals surface area contributed by atoms with Gasteiger partial charge in [-0.1, -0.05) is 6.92 Å². The van der Waals surface area contributed by atoms with E-state index in [1.165, 1.54) is 6.92 Å². The van der Waals surface area contributed by atoms with Gasteiger partial charge in [-0.15, -0.1) is 0 Å². The van der Waals surface area contributed by atoms with Gasteiger partial charge in [-0.25, -0.2) is 22.0 Å². The summed E-state index contributed by atoms with van der Waals surface area (Å²) in [6.07, 6.45) is 0.907. The summed E-state index contributed by atoms with van der Waals surface area (Å²) in [7, 11) is 0. The molecule has 0 aliphatic carbocycles. The molecule has 0 saturated carbocycles. The van der Waals surface area contributed by atoms with Crippen LogP contribution in [0.1, 0.15) is 36.7 Å². The quantitative estimate of drug-likeness (QED) is 0.497. The molecule has 0 saturated heterocycles. The maximum Gasteiger partial charge on any atom is 0.224 e. The average molecular weight is 361 g/mol. The highest BCUT2D eigenvalue weighted by atomic mass is 19.2. The van der Waals surface area contributed by atoms with Gasteiger partial charge in [-0.05, 0) is 20.3 Å². The molecular formula is C16H16F5N3O. The Kier molecular flexibility index (Phi) is 5.44. The molecule has 136 valence electrons. The normalized spacial score (nSPS) is 11.0. The number of carbonyl (C=O) groups is 1. The maximum atomic E-state index is 13.8. The Morgan fingerprint density at radius 2 is 1.52 bits per heavy atom. The van der Waals surface area contributed by atoms with Crippen LogP contribution in [0.3, 0.4) is 0 Å². The van der Waals surface area contributed by atoms with Gasteiger partial charge < -0.3 is 5.32 Å². The van der Waals surface area contributed by atoms with Crippen molar-refractivity contribution in [2.75, 3.05) is 5.32 Å². The summed E-state index contributed by atoms with van der Waals surface area (Å²) in [5.41, 5.74) is 0.0625. The van der Waals surface area contributed by atoms with Crippen LogP contribution in [0, 0.1) is 42.9 Å². The van der Waals surface area contributed by atoms with Gasteiger partial charge in [0.15, 0.2) is 23.3 Å². The third kappa shape index (κ3) is 3.49. The van der Waals surface area contributed by atoms with Gasteiger partial charge in [-0.2, -0.15) is 5.10 Å². The van der Waals surface area contributed by atoms with Crippen molar-refractivity contribution in [2.24, 2.45) is 0 Å². The number of halogens is 5. The van der Waals surface area contributed by atoms with Gasteiger partial charge in [0.05, 0.1) is 29.2 Å². The van der Waals surface area contributed by atoms with E-state index in [4.69, 9.17) is 0 Å². The fourth-order valence-electron chi connectivity index (χ4n) is 2.40. The van der Waals surface area contributed by atoms with Crippen LogP contribution in [-0.2, 0) is 11.3 Å². The van der Waals surface area contributed by atoms with Gasteiger partial charge >= 0.3 is 0 Å². The maximum absolute atomic E-state index is 13.8. The molecule has 0 unspecified atom stereocenters. The fraction of sp³-hybridized carbons (Fsp3) is 0.375. The second kappa shape index (κ2) is 7.20. The topological polar surface area (TPSA) is 46.9 Å². The molecular weight excluding hydrogens is 345 g/mol. The number of aryl methyl sites for hydroxylation is 1. The summed E-state index contributed by atoms with van der Waals surface area (Å²) in [4.78, 5) is 11.7. The van der Waals surface area contributed by atoms with Crippen molar-refractivity contribution in [3.05, 3.63) is 46.0 Å². The van der Waals surface area contributed by atoms with Gasteiger partial charge in [0, 0.05) is 6.42 Å². The summed E-state index contributed by atoms with van der Waals surface area (Å²) in [6, 6.07) is 0. The highest BCUT2D eigenvalue weighted by Gasteiger charge is 2.26. The van der Waals surface area contributed by atoms with E-state index in [9.17, 15) is 26.7 Å².